The van der Waals surface area contributed by atoms with Crippen LogP contribution in [0.15, 0.2) is 47.4 Å². The molecule has 1 fully saturated rings. The lowest BCUT2D eigenvalue weighted by Gasteiger charge is -2.12. The van der Waals surface area contributed by atoms with Gasteiger partial charge in [0.05, 0.1) is 4.91 Å². The summed E-state index contributed by atoms with van der Waals surface area (Å²) in [6.45, 7) is 5.06. The van der Waals surface area contributed by atoms with Crippen molar-refractivity contribution in [3.8, 4) is 11.5 Å². The average molecular weight is 432 g/mol. The van der Waals surface area contributed by atoms with Gasteiger partial charge in [-0.15, -0.1) is 0 Å². The second-order valence-electron chi connectivity index (χ2n) is 6.61. The van der Waals surface area contributed by atoms with Crippen molar-refractivity contribution >= 4 is 40.6 Å². The molecule has 1 saturated heterocycles. The fraction of sp³-hybridized carbons (Fsp3) is 0.273. The van der Waals surface area contributed by atoms with Crippen LogP contribution in [0.5, 0.6) is 11.5 Å². The van der Waals surface area contributed by atoms with E-state index in [0.29, 0.717) is 40.4 Å². The summed E-state index contributed by atoms with van der Waals surface area (Å²) in [5.41, 5.74) is 1.92. The molecule has 1 aliphatic heterocycles. The maximum Gasteiger partial charge on any atom is 0.290 e. The summed E-state index contributed by atoms with van der Waals surface area (Å²) in [4.78, 5) is 23.4. The van der Waals surface area contributed by atoms with Gasteiger partial charge in [-0.1, -0.05) is 37.6 Å². The second-order valence-corrected chi connectivity index (χ2v) is 8.06. The fourth-order valence-electron chi connectivity index (χ4n) is 2.77. The van der Waals surface area contributed by atoms with E-state index in [1.54, 1.807) is 24.3 Å². The summed E-state index contributed by atoms with van der Waals surface area (Å²) in [7, 11) is 0. The molecule has 0 aromatic heterocycles. The third-order valence-electron chi connectivity index (χ3n) is 4.57. The van der Waals surface area contributed by atoms with E-state index in [1.807, 2.05) is 12.1 Å². The van der Waals surface area contributed by atoms with E-state index < -0.39 is 11.1 Å². The first-order valence-corrected chi connectivity index (χ1v) is 10.6. The number of rotatable bonds is 8. The Bertz CT molecular complexity index is 927. The minimum absolute atomic E-state index is 0.305. The molecule has 0 spiro atoms. The molecule has 152 valence electrons. The lowest BCUT2D eigenvalue weighted by atomic mass is 9.99. The monoisotopic (exact) mass is 431 g/mol. The van der Waals surface area contributed by atoms with Crippen LogP contribution in [0.4, 0.5) is 4.79 Å². The molecule has 2 aromatic rings. The molecule has 0 unspecified atom stereocenters. The number of halogens is 1. The number of benzene rings is 2. The molecule has 1 aliphatic rings. The highest BCUT2D eigenvalue weighted by Crippen LogP contribution is 2.31. The lowest BCUT2D eigenvalue weighted by molar-refractivity contribution is -0.115. The molecule has 1 heterocycles. The zero-order valence-electron chi connectivity index (χ0n) is 16.2. The number of carbonyl (C=O) groups excluding carboxylic acids is 2. The van der Waals surface area contributed by atoms with Crippen LogP contribution in [0.1, 0.15) is 37.3 Å². The third kappa shape index (κ3) is 5.78. The zero-order valence-corrected chi connectivity index (χ0v) is 17.8. The molecule has 0 saturated carbocycles. The zero-order chi connectivity index (χ0) is 20.8. The predicted octanol–water partition coefficient (Wildman–Crippen LogP) is 5.64. The normalized spacial score (nSPS) is 16.0. The Morgan fingerprint density at radius 2 is 1.83 bits per heavy atom. The summed E-state index contributed by atoms with van der Waals surface area (Å²) in [6.07, 6.45) is 2.70. The number of hydrogen-bond acceptors (Lipinski definition) is 5. The van der Waals surface area contributed by atoms with Gasteiger partial charge in [0, 0.05) is 10.6 Å². The SMILES string of the molecule is CC[C@@H](C)c1ccc(OCCOc2ccc(Cl)cc2/C=C2/SC(=O)NC2=O)cc1. The van der Waals surface area contributed by atoms with Crippen molar-refractivity contribution in [2.75, 3.05) is 13.2 Å². The van der Waals surface area contributed by atoms with Crippen LogP contribution in [-0.2, 0) is 4.79 Å². The van der Waals surface area contributed by atoms with Crippen LogP contribution in [0.2, 0.25) is 5.02 Å². The van der Waals surface area contributed by atoms with Gasteiger partial charge in [-0.3, -0.25) is 14.9 Å². The van der Waals surface area contributed by atoms with Gasteiger partial charge in [0.1, 0.15) is 24.7 Å². The summed E-state index contributed by atoms with van der Waals surface area (Å²) in [5, 5.41) is 2.35. The van der Waals surface area contributed by atoms with Gasteiger partial charge in [-0.2, -0.15) is 0 Å². The third-order valence-corrected chi connectivity index (χ3v) is 5.62. The van der Waals surface area contributed by atoms with E-state index in [0.717, 1.165) is 23.9 Å². The summed E-state index contributed by atoms with van der Waals surface area (Å²) >= 11 is 6.92. The number of imide groups is 1. The van der Waals surface area contributed by atoms with Gasteiger partial charge in [0.15, 0.2) is 0 Å². The molecule has 7 heteroatoms. The van der Waals surface area contributed by atoms with Gasteiger partial charge in [-0.25, -0.2) is 0 Å². The van der Waals surface area contributed by atoms with Crippen LogP contribution in [0.25, 0.3) is 6.08 Å². The Kier molecular flexibility index (Phi) is 7.23. The van der Waals surface area contributed by atoms with Crippen molar-refractivity contribution in [3.63, 3.8) is 0 Å². The lowest BCUT2D eigenvalue weighted by Crippen LogP contribution is -2.17. The summed E-state index contributed by atoms with van der Waals surface area (Å²) in [5.74, 6) is 1.46. The maximum atomic E-state index is 11.8. The Morgan fingerprint density at radius 1 is 1.10 bits per heavy atom. The van der Waals surface area contributed by atoms with Gasteiger partial charge in [0.2, 0.25) is 0 Å². The quantitative estimate of drug-likeness (QED) is 0.433. The van der Waals surface area contributed by atoms with Gasteiger partial charge >= 0.3 is 0 Å². The van der Waals surface area contributed by atoms with E-state index in [-0.39, 0.29) is 0 Å². The molecule has 1 N–H and O–H groups in total. The average Bonchev–Trinajstić information content (AvgIpc) is 3.03. The molecule has 0 aliphatic carbocycles. The largest absolute Gasteiger partial charge is 0.490 e. The van der Waals surface area contributed by atoms with Crippen molar-refractivity contribution in [3.05, 3.63) is 63.5 Å². The predicted molar refractivity (Wildman–Crippen MR) is 117 cm³/mol. The van der Waals surface area contributed by atoms with Crippen molar-refractivity contribution < 1.29 is 19.1 Å². The van der Waals surface area contributed by atoms with E-state index in [2.05, 4.69) is 31.3 Å². The van der Waals surface area contributed by atoms with Crippen LogP contribution in [-0.4, -0.2) is 24.4 Å². The highest BCUT2D eigenvalue weighted by molar-refractivity contribution is 8.18. The van der Waals surface area contributed by atoms with Crippen molar-refractivity contribution in [2.45, 2.75) is 26.2 Å². The van der Waals surface area contributed by atoms with E-state index in [9.17, 15) is 9.59 Å². The summed E-state index contributed by atoms with van der Waals surface area (Å²) in [6, 6.07) is 13.2. The molecule has 3 rings (SSSR count). The van der Waals surface area contributed by atoms with Crippen molar-refractivity contribution in [2.24, 2.45) is 0 Å². The molecule has 1 atom stereocenters. The van der Waals surface area contributed by atoms with Gasteiger partial charge in [-0.05, 0) is 66.1 Å². The van der Waals surface area contributed by atoms with Crippen LogP contribution < -0.4 is 14.8 Å². The number of nitrogens with one attached hydrogen (secondary N) is 1. The van der Waals surface area contributed by atoms with E-state index in [4.69, 9.17) is 21.1 Å². The Balaban J connectivity index is 1.59. The Labute approximate surface area is 179 Å². The molecule has 29 heavy (non-hydrogen) atoms. The minimum Gasteiger partial charge on any atom is -0.490 e. The molecule has 0 bridgehead atoms. The minimum atomic E-state index is -0.421. The first-order chi connectivity index (χ1) is 14.0. The smallest absolute Gasteiger partial charge is 0.290 e. The standard InChI is InChI=1S/C22H22ClNO4S/c1-3-14(2)15-4-7-18(8-5-15)27-10-11-28-19-9-6-17(23)12-16(19)13-20-21(25)24-22(26)29-20/h4-9,12-14H,3,10-11H2,1-2H3,(H,24,25,26)/b20-13+/t14-/m1/s1. The number of carbonyl (C=O) groups is 2. The Morgan fingerprint density at radius 3 is 2.48 bits per heavy atom. The fourth-order valence-corrected chi connectivity index (χ4v) is 3.62. The maximum absolute atomic E-state index is 11.8. The summed E-state index contributed by atoms with van der Waals surface area (Å²) < 4.78 is 11.6. The van der Waals surface area contributed by atoms with E-state index >= 15 is 0 Å². The highest BCUT2D eigenvalue weighted by Gasteiger charge is 2.25. The van der Waals surface area contributed by atoms with Gasteiger partial charge in [0.25, 0.3) is 11.1 Å². The van der Waals surface area contributed by atoms with Crippen molar-refractivity contribution in [1.29, 1.82) is 0 Å². The van der Waals surface area contributed by atoms with Crippen LogP contribution >= 0.6 is 23.4 Å². The molecule has 5 nitrogen and oxygen atoms in total. The molecule has 2 amide bonds. The second kappa shape index (κ2) is 9.85. The van der Waals surface area contributed by atoms with Crippen LogP contribution in [0.3, 0.4) is 0 Å². The molecular formula is C22H22ClNO4S. The van der Waals surface area contributed by atoms with E-state index in [1.165, 1.54) is 5.56 Å². The molecule has 2 aromatic carbocycles. The highest BCUT2D eigenvalue weighted by atomic mass is 35.5. The number of ether oxygens (including phenoxy) is 2. The topological polar surface area (TPSA) is 64.6 Å². The molecule has 0 radical (unpaired) electrons. The van der Waals surface area contributed by atoms with Crippen LogP contribution in [0, 0.1) is 0 Å². The first-order valence-electron chi connectivity index (χ1n) is 9.36. The number of hydrogen-bond donors (Lipinski definition) is 1. The number of amides is 2. The Hall–Kier alpha value is -2.44. The molecular weight excluding hydrogens is 410 g/mol. The van der Waals surface area contributed by atoms with Crippen molar-refractivity contribution in [1.82, 2.24) is 5.32 Å². The first kappa shape index (κ1) is 21.3. The van der Waals surface area contributed by atoms with Gasteiger partial charge < -0.3 is 9.47 Å². The number of thioether (sulfide) groups is 1.